The van der Waals surface area contributed by atoms with Crippen LogP contribution < -0.4 is 5.73 Å². The second-order valence-electron chi connectivity index (χ2n) is 5.45. The topological polar surface area (TPSA) is 63.4 Å². The second-order valence-corrected chi connectivity index (χ2v) is 6.26. The van der Waals surface area contributed by atoms with Crippen LogP contribution in [0.3, 0.4) is 0 Å². The van der Waals surface area contributed by atoms with E-state index in [9.17, 15) is 9.59 Å². The van der Waals surface area contributed by atoms with Crippen LogP contribution in [0.5, 0.6) is 0 Å². The van der Waals surface area contributed by atoms with E-state index in [-0.39, 0.29) is 30.2 Å². The number of likely N-dealkylation sites (tertiary alicyclic amines) is 1. The first kappa shape index (κ1) is 16.1. The summed E-state index contributed by atoms with van der Waals surface area (Å²) in [5, 5.41) is 0.957. The Labute approximate surface area is 134 Å². The largest absolute Gasteiger partial charge is 0.369 e. The van der Waals surface area contributed by atoms with E-state index in [0.717, 1.165) is 12.8 Å². The fraction of sp³-hybridized carbons (Fsp3) is 0.467. The van der Waals surface area contributed by atoms with E-state index >= 15 is 0 Å². The lowest BCUT2D eigenvalue weighted by molar-refractivity contribution is -0.136. The molecule has 2 N–H and O–H groups in total. The molecule has 0 aromatic heterocycles. The SMILES string of the molecule is C[C@@H]1CC[C@H](C(N)=O)CN1C(=O)Cc1c(Cl)cccc1Cl. The standard InChI is InChI=1S/C15H18Cl2N2O2/c1-9-5-6-10(15(18)21)8-19(9)14(20)7-11-12(16)3-2-4-13(11)17/h2-4,9-10H,5-8H2,1H3,(H2,18,21)/t9-,10+/m1/s1. The number of primary amides is 1. The molecule has 1 saturated heterocycles. The van der Waals surface area contributed by atoms with Crippen LogP contribution in [0.25, 0.3) is 0 Å². The minimum atomic E-state index is -0.351. The summed E-state index contributed by atoms with van der Waals surface area (Å²) >= 11 is 12.2. The average molecular weight is 329 g/mol. The molecule has 1 aromatic carbocycles. The molecule has 4 nitrogen and oxygen atoms in total. The van der Waals surface area contributed by atoms with Crippen molar-refractivity contribution in [3.8, 4) is 0 Å². The van der Waals surface area contributed by atoms with Crippen LogP contribution in [-0.4, -0.2) is 29.3 Å². The molecule has 2 amide bonds. The molecule has 6 heteroatoms. The van der Waals surface area contributed by atoms with E-state index in [1.165, 1.54) is 0 Å². The first-order valence-corrected chi connectivity index (χ1v) is 7.67. The van der Waals surface area contributed by atoms with E-state index in [1.54, 1.807) is 23.1 Å². The normalized spacial score (nSPS) is 22.1. The van der Waals surface area contributed by atoms with Gasteiger partial charge in [-0.15, -0.1) is 0 Å². The van der Waals surface area contributed by atoms with Crippen molar-refractivity contribution in [3.05, 3.63) is 33.8 Å². The molecule has 114 valence electrons. The summed E-state index contributed by atoms with van der Waals surface area (Å²) in [5.74, 6) is -0.703. The predicted octanol–water partition coefficient (Wildman–Crippen LogP) is 2.65. The lowest BCUT2D eigenvalue weighted by Crippen LogP contribution is -2.49. The number of rotatable bonds is 3. The lowest BCUT2D eigenvalue weighted by atomic mass is 9.92. The monoisotopic (exact) mass is 328 g/mol. The molecule has 0 spiro atoms. The summed E-state index contributed by atoms with van der Waals surface area (Å²) < 4.78 is 0. The molecule has 0 saturated carbocycles. The molecular formula is C15H18Cl2N2O2. The van der Waals surface area contributed by atoms with Gasteiger partial charge in [-0.2, -0.15) is 0 Å². The Kier molecular flexibility index (Phi) is 5.12. The molecule has 1 aliphatic heterocycles. The fourth-order valence-electron chi connectivity index (χ4n) is 2.64. The van der Waals surface area contributed by atoms with E-state index in [1.807, 2.05) is 6.92 Å². The average Bonchev–Trinajstić information content (AvgIpc) is 2.43. The maximum atomic E-state index is 12.5. The van der Waals surface area contributed by atoms with Crippen molar-refractivity contribution in [1.29, 1.82) is 0 Å². The molecule has 1 aromatic rings. The number of hydrogen-bond donors (Lipinski definition) is 1. The summed E-state index contributed by atoms with van der Waals surface area (Å²) in [4.78, 5) is 25.6. The Morgan fingerprint density at radius 3 is 2.48 bits per heavy atom. The Morgan fingerprint density at radius 2 is 1.90 bits per heavy atom. The van der Waals surface area contributed by atoms with E-state index in [2.05, 4.69) is 0 Å². The molecule has 2 rings (SSSR count). The van der Waals surface area contributed by atoms with Crippen molar-refractivity contribution in [1.82, 2.24) is 4.90 Å². The second kappa shape index (κ2) is 6.67. The molecule has 21 heavy (non-hydrogen) atoms. The molecule has 2 atom stereocenters. The van der Waals surface area contributed by atoms with Gasteiger partial charge in [-0.05, 0) is 37.5 Å². The predicted molar refractivity (Wildman–Crippen MR) is 83.3 cm³/mol. The number of nitrogens with zero attached hydrogens (tertiary/aromatic N) is 1. The van der Waals surface area contributed by atoms with Gasteiger partial charge in [0.1, 0.15) is 0 Å². The minimum Gasteiger partial charge on any atom is -0.369 e. The summed E-state index contributed by atoms with van der Waals surface area (Å²) in [7, 11) is 0. The van der Waals surface area contributed by atoms with Crippen LogP contribution >= 0.6 is 23.2 Å². The molecule has 0 aliphatic carbocycles. The zero-order valence-corrected chi connectivity index (χ0v) is 13.3. The van der Waals surface area contributed by atoms with Gasteiger partial charge in [0.25, 0.3) is 0 Å². The fourth-order valence-corrected chi connectivity index (χ4v) is 3.17. The van der Waals surface area contributed by atoms with Crippen molar-refractivity contribution >= 4 is 35.0 Å². The van der Waals surface area contributed by atoms with E-state index in [0.29, 0.717) is 22.2 Å². The molecule has 1 fully saturated rings. The highest BCUT2D eigenvalue weighted by Gasteiger charge is 2.31. The van der Waals surface area contributed by atoms with Gasteiger partial charge >= 0.3 is 0 Å². The highest BCUT2D eigenvalue weighted by molar-refractivity contribution is 6.36. The zero-order chi connectivity index (χ0) is 15.6. The van der Waals surface area contributed by atoms with Crippen molar-refractivity contribution in [2.75, 3.05) is 6.54 Å². The third-order valence-electron chi connectivity index (χ3n) is 3.99. The number of carbonyl (C=O) groups is 2. The van der Waals surface area contributed by atoms with Crippen LogP contribution in [0, 0.1) is 5.92 Å². The number of halogens is 2. The Morgan fingerprint density at radius 1 is 1.29 bits per heavy atom. The molecule has 1 aliphatic rings. The summed E-state index contributed by atoms with van der Waals surface area (Å²) in [5.41, 5.74) is 5.98. The van der Waals surface area contributed by atoms with Gasteiger partial charge in [0, 0.05) is 22.6 Å². The van der Waals surface area contributed by atoms with Crippen LogP contribution in [0.1, 0.15) is 25.3 Å². The molecule has 1 heterocycles. The number of hydrogen-bond acceptors (Lipinski definition) is 2. The highest BCUT2D eigenvalue weighted by Crippen LogP contribution is 2.27. The van der Waals surface area contributed by atoms with Gasteiger partial charge in [-0.1, -0.05) is 29.3 Å². The van der Waals surface area contributed by atoms with Crippen molar-refractivity contribution in [3.63, 3.8) is 0 Å². The number of carbonyl (C=O) groups excluding carboxylic acids is 2. The third-order valence-corrected chi connectivity index (χ3v) is 4.70. The maximum Gasteiger partial charge on any atom is 0.227 e. The van der Waals surface area contributed by atoms with Crippen LogP contribution in [0.4, 0.5) is 0 Å². The first-order valence-electron chi connectivity index (χ1n) is 6.91. The van der Waals surface area contributed by atoms with Gasteiger partial charge in [0.05, 0.1) is 12.3 Å². The number of piperidine rings is 1. The Bertz CT molecular complexity index is 542. The molecule has 0 bridgehead atoms. The number of benzene rings is 1. The highest BCUT2D eigenvalue weighted by atomic mass is 35.5. The van der Waals surface area contributed by atoms with E-state index in [4.69, 9.17) is 28.9 Å². The summed E-state index contributed by atoms with van der Waals surface area (Å²) in [6, 6.07) is 5.25. The Hall–Kier alpha value is -1.26. The van der Waals surface area contributed by atoms with Gasteiger partial charge in [-0.25, -0.2) is 0 Å². The van der Waals surface area contributed by atoms with Gasteiger partial charge in [-0.3, -0.25) is 9.59 Å². The van der Waals surface area contributed by atoms with Gasteiger partial charge in [0.15, 0.2) is 0 Å². The third kappa shape index (κ3) is 3.69. The smallest absolute Gasteiger partial charge is 0.227 e. The van der Waals surface area contributed by atoms with Gasteiger partial charge in [0.2, 0.25) is 11.8 Å². The van der Waals surface area contributed by atoms with Crippen molar-refractivity contribution in [2.24, 2.45) is 11.7 Å². The van der Waals surface area contributed by atoms with Crippen molar-refractivity contribution in [2.45, 2.75) is 32.2 Å². The van der Waals surface area contributed by atoms with Gasteiger partial charge < -0.3 is 10.6 Å². The lowest BCUT2D eigenvalue weighted by Gasteiger charge is -2.37. The first-order chi connectivity index (χ1) is 9.90. The van der Waals surface area contributed by atoms with E-state index < -0.39 is 0 Å². The molecule has 0 unspecified atom stereocenters. The van der Waals surface area contributed by atoms with Crippen LogP contribution in [0.15, 0.2) is 18.2 Å². The van der Waals surface area contributed by atoms with Crippen LogP contribution in [0.2, 0.25) is 10.0 Å². The van der Waals surface area contributed by atoms with Crippen molar-refractivity contribution < 1.29 is 9.59 Å². The maximum absolute atomic E-state index is 12.5. The minimum absolute atomic E-state index is 0.0801. The number of nitrogens with two attached hydrogens (primary N) is 1. The summed E-state index contributed by atoms with van der Waals surface area (Å²) in [6.45, 7) is 2.35. The van der Waals surface area contributed by atoms with Crippen LogP contribution in [-0.2, 0) is 16.0 Å². The summed E-state index contributed by atoms with van der Waals surface area (Å²) in [6.07, 6.45) is 1.64. The molecular weight excluding hydrogens is 311 g/mol. The molecule has 0 radical (unpaired) electrons. The zero-order valence-electron chi connectivity index (χ0n) is 11.8. The Balaban J connectivity index is 2.13. The number of amides is 2. The quantitative estimate of drug-likeness (QED) is 0.927.